The zero-order valence-electron chi connectivity index (χ0n) is 10.7. The first-order valence-corrected chi connectivity index (χ1v) is 5.26. The minimum absolute atomic E-state index is 0.219. The van der Waals surface area contributed by atoms with Crippen LogP contribution in [0, 0.1) is 0 Å². The molecule has 0 fully saturated rings. The van der Waals surface area contributed by atoms with Gasteiger partial charge in [0.15, 0.2) is 0 Å². The number of carbonyl (C=O) groups is 2. The standard InChI is InChI=1S/C11H20O5/c1-7(2)15-11(6,16-8(3)4)10(13)14-9(5)12/h7-8H,1-6H3. The second-order valence-electron chi connectivity index (χ2n) is 4.16. The summed E-state index contributed by atoms with van der Waals surface area (Å²) >= 11 is 0. The molecule has 0 aliphatic carbocycles. The van der Waals surface area contributed by atoms with Gasteiger partial charge in [0.1, 0.15) is 0 Å². The summed E-state index contributed by atoms with van der Waals surface area (Å²) in [6.07, 6.45) is -0.438. The lowest BCUT2D eigenvalue weighted by Gasteiger charge is -2.30. The van der Waals surface area contributed by atoms with Crippen molar-refractivity contribution in [1.29, 1.82) is 0 Å². The Balaban J connectivity index is 4.76. The number of carbonyl (C=O) groups excluding carboxylic acids is 2. The van der Waals surface area contributed by atoms with Crippen LogP contribution < -0.4 is 0 Å². The molecule has 5 nitrogen and oxygen atoms in total. The van der Waals surface area contributed by atoms with Gasteiger partial charge < -0.3 is 14.2 Å². The second-order valence-corrected chi connectivity index (χ2v) is 4.16. The van der Waals surface area contributed by atoms with Crippen LogP contribution >= 0.6 is 0 Å². The summed E-state index contributed by atoms with van der Waals surface area (Å²) in [5, 5.41) is 0. The van der Waals surface area contributed by atoms with Gasteiger partial charge in [-0.2, -0.15) is 0 Å². The number of ether oxygens (including phenoxy) is 3. The van der Waals surface area contributed by atoms with Gasteiger partial charge in [0.05, 0.1) is 12.2 Å². The lowest BCUT2D eigenvalue weighted by molar-refractivity contribution is -0.261. The van der Waals surface area contributed by atoms with E-state index in [9.17, 15) is 9.59 Å². The van der Waals surface area contributed by atoms with Crippen molar-refractivity contribution in [2.75, 3.05) is 0 Å². The summed E-state index contributed by atoms with van der Waals surface area (Å²) in [5.41, 5.74) is 0. The molecule has 0 saturated heterocycles. The summed E-state index contributed by atoms with van der Waals surface area (Å²) in [6.45, 7) is 9.67. The first-order chi connectivity index (χ1) is 7.17. The fourth-order valence-corrected chi connectivity index (χ4v) is 1.25. The number of esters is 2. The van der Waals surface area contributed by atoms with E-state index in [1.54, 1.807) is 27.7 Å². The van der Waals surface area contributed by atoms with E-state index in [-0.39, 0.29) is 12.2 Å². The molecule has 0 rings (SSSR count). The highest BCUT2D eigenvalue weighted by molar-refractivity contribution is 5.88. The fourth-order valence-electron chi connectivity index (χ4n) is 1.25. The van der Waals surface area contributed by atoms with E-state index in [1.807, 2.05) is 0 Å². The van der Waals surface area contributed by atoms with E-state index >= 15 is 0 Å². The van der Waals surface area contributed by atoms with Gasteiger partial charge in [-0.15, -0.1) is 0 Å². The molecule has 94 valence electrons. The fraction of sp³-hybridized carbons (Fsp3) is 0.818. The molecule has 0 atom stereocenters. The number of rotatable bonds is 5. The topological polar surface area (TPSA) is 61.8 Å². The SMILES string of the molecule is CC(=O)OC(=O)C(C)(OC(C)C)OC(C)C. The minimum Gasteiger partial charge on any atom is -0.389 e. The molecular formula is C11H20O5. The van der Waals surface area contributed by atoms with E-state index in [0.29, 0.717) is 0 Å². The van der Waals surface area contributed by atoms with Crippen LogP contribution in [0.4, 0.5) is 0 Å². The zero-order valence-corrected chi connectivity index (χ0v) is 10.7. The Bertz CT molecular complexity index is 247. The molecule has 5 heteroatoms. The van der Waals surface area contributed by atoms with Gasteiger partial charge in [-0.25, -0.2) is 4.79 Å². The molecule has 0 bridgehead atoms. The third-order valence-corrected chi connectivity index (χ3v) is 1.53. The maximum Gasteiger partial charge on any atom is 0.374 e. The van der Waals surface area contributed by atoms with Crippen LogP contribution in [0.2, 0.25) is 0 Å². The average molecular weight is 232 g/mol. The zero-order chi connectivity index (χ0) is 12.9. The summed E-state index contributed by atoms with van der Waals surface area (Å²) in [6, 6.07) is 0. The Labute approximate surface area is 96.1 Å². The van der Waals surface area contributed by atoms with Gasteiger partial charge in [-0.1, -0.05) is 0 Å². The second kappa shape index (κ2) is 5.96. The summed E-state index contributed by atoms with van der Waals surface area (Å²) < 4.78 is 15.2. The smallest absolute Gasteiger partial charge is 0.374 e. The van der Waals surface area contributed by atoms with Crippen molar-refractivity contribution in [2.45, 2.75) is 59.5 Å². The van der Waals surface area contributed by atoms with Gasteiger partial charge in [0, 0.05) is 13.8 Å². The van der Waals surface area contributed by atoms with E-state index in [2.05, 4.69) is 4.74 Å². The van der Waals surface area contributed by atoms with Crippen molar-refractivity contribution < 1.29 is 23.8 Å². The summed E-state index contributed by atoms with van der Waals surface area (Å²) in [7, 11) is 0. The van der Waals surface area contributed by atoms with Crippen molar-refractivity contribution in [1.82, 2.24) is 0 Å². The molecule has 0 aromatic carbocycles. The van der Waals surface area contributed by atoms with Crippen LogP contribution in [-0.4, -0.2) is 29.9 Å². The molecule has 0 heterocycles. The van der Waals surface area contributed by atoms with Crippen LogP contribution in [-0.2, 0) is 23.8 Å². The van der Waals surface area contributed by atoms with Crippen LogP contribution in [0.25, 0.3) is 0 Å². The third kappa shape index (κ3) is 5.23. The molecule has 0 aromatic rings. The predicted octanol–water partition coefficient (Wildman–Crippen LogP) is 1.64. The largest absolute Gasteiger partial charge is 0.389 e. The molecular weight excluding hydrogens is 212 g/mol. The van der Waals surface area contributed by atoms with E-state index in [1.165, 1.54) is 6.92 Å². The molecule has 0 radical (unpaired) electrons. The predicted molar refractivity (Wildman–Crippen MR) is 57.6 cm³/mol. The first-order valence-electron chi connectivity index (χ1n) is 5.26. The minimum atomic E-state index is -1.55. The Hall–Kier alpha value is -0.940. The number of hydrogen-bond acceptors (Lipinski definition) is 5. The molecule has 0 saturated carbocycles. The van der Waals surface area contributed by atoms with Gasteiger partial charge >= 0.3 is 11.9 Å². The third-order valence-electron chi connectivity index (χ3n) is 1.53. The summed E-state index contributed by atoms with van der Waals surface area (Å²) in [4.78, 5) is 22.4. The van der Waals surface area contributed by atoms with E-state index in [4.69, 9.17) is 9.47 Å². The average Bonchev–Trinajstić information content (AvgIpc) is 1.98. The monoisotopic (exact) mass is 232 g/mol. The van der Waals surface area contributed by atoms with Crippen molar-refractivity contribution in [3.63, 3.8) is 0 Å². The Kier molecular flexibility index (Phi) is 5.61. The van der Waals surface area contributed by atoms with Gasteiger partial charge in [0.25, 0.3) is 5.79 Å². The van der Waals surface area contributed by atoms with Gasteiger partial charge in [0.2, 0.25) is 0 Å². The van der Waals surface area contributed by atoms with Crippen molar-refractivity contribution >= 4 is 11.9 Å². The van der Waals surface area contributed by atoms with Crippen molar-refractivity contribution in [3.8, 4) is 0 Å². The summed E-state index contributed by atoms with van der Waals surface area (Å²) in [5.74, 6) is -3.06. The van der Waals surface area contributed by atoms with Crippen molar-refractivity contribution in [3.05, 3.63) is 0 Å². The quantitative estimate of drug-likeness (QED) is 0.409. The van der Waals surface area contributed by atoms with Crippen LogP contribution in [0.1, 0.15) is 41.5 Å². The molecule has 16 heavy (non-hydrogen) atoms. The lowest BCUT2D eigenvalue weighted by atomic mass is 10.3. The highest BCUT2D eigenvalue weighted by Crippen LogP contribution is 2.19. The Morgan fingerprint density at radius 3 is 1.62 bits per heavy atom. The maximum atomic E-state index is 11.7. The molecule has 0 aromatic heterocycles. The lowest BCUT2D eigenvalue weighted by Crippen LogP contribution is -2.46. The van der Waals surface area contributed by atoms with Crippen LogP contribution in [0.15, 0.2) is 0 Å². The number of hydrogen-bond donors (Lipinski definition) is 0. The van der Waals surface area contributed by atoms with Gasteiger partial charge in [-0.05, 0) is 27.7 Å². The molecule has 0 unspecified atom stereocenters. The van der Waals surface area contributed by atoms with Crippen molar-refractivity contribution in [2.24, 2.45) is 0 Å². The maximum absolute atomic E-state index is 11.7. The normalized spacial score (nSPS) is 12.0. The van der Waals surface area contributed by atoms with E-state index in [0.717, 1.165) is 6.92 Å². The van der Waals surface area contributed by atoms with Gasteiger partial charge in [-0.3, -0.25) is 4.79 Å². The molecule has 0 spiro atoms. The highest BCUT2D eigenvalue weighted by Gasteiger charge is 2.40. The first kappa shape index (κ1) is 15.1. The highest BCUT2D eigenvalue weighted by atomic mass is 16.7. The molecule has 0 aliphatic heterocycles. The van der Waals surface area contributed by atoms with E-state index < -0.39 is 17.7 Å². The molecule has 0 N–H and O–H groups in total. The van der Waals surface area contributed by atoms with Crippen LogP contribution in [0.3, 0.4) is 0 Å². The Morgan fingerprint density at radius 1 is 1.00 bits per heavy atom. The van der Waals surface area contributed by atoms with Crippen LogP contribution in [0.5, 0.6) is 0 Å². The molecule has 0 aliphatic rings. The Morgan fingerprint density at radius 2 is 1.38 bits per heavy atom. The molecule has 0 amide bonds.